The molecule has 0 saturated heterocycles. The molecule has 0 aliphatic rings. The van der Waals surface area contributed by atoms with E-state index in [1.54, 1.807) is 12.4 Å². The molecular weight excluding hydrogens is 248 g/mol. The van der Waals surface area contributed by atoms with E-state index in [-0.39, 0.29) is 6.54 Å². The molecule has 0 aliphatic heterocycles. The standard InChI is InChI=1S/C11H14N6O2/c1-7-3-12-8(2)11(14-7)13-4-9-5-17(16-15-9)6-10(18)19/h3,5H,4,6H2,1-2H3,(H,13,14)(H,18,19). The quantitative estimate of drug-likeness (QED) is 0.802. The van der Waals surface area contributed by atoms with Crippen molar-refractivity contribution in [3.05, 3.63) is 29.5 Å². The van der Waals surface area contributed by atoms with Crippen LogP contribution < -0.4 is 5.32 Å². The summed E-state index contributed by atoms with van der Waals surface area (Å²) >= 11 is 0. The smallest absolute Gasteiger partial charge is 0.325 e. The summed E-state index contributed by atoms with van der Waals surface area (Å²) < 4.78 is 1.27. The van der Waals surface area contributed by atoms with Crippen LogP contribution in [-0.2, 0) is 17.9 Å². The summed E-state index contributed by atoms with van der Waals surface area (Å²) in [5.74, 6) is -0.266. The number of rotatable bonds is 5. The molecule has 8 heteroatoms. The van der Waals surface area contributed by atoms with Crippen LogP contribution in [0.1, 0.15) is 17.1 Å². The predicted molar refractivity (Wildman–Crippen MR) is 66.5 cm³/mol. The number of hydrogen-bond acceptors (Lipinski definition) is 6. The highest BCUT2D eigenvalue weighted by Crippen LogP contribution is 2.09. The maximum Gasteiger partial charge on any atom is 0.325 e. The van der Waals surface area contributed by atoms with Crippen molar-refractivity contribution in [1.82, 2.24) is 25.0 Å². The minimum atomic E-state index is -0.954. The second-order valence-electron chi connectivity index (χ2n) is 4.10. The lowest BCUT2D eigenvalue weighted by atomic mass is 10.4. The molecule has 2 heterocycles. The van der Waals surface area contributed by atoms with Gasteiger partial charge in [-0.2, -0.15) is 0 Å². The molecule has 0 aromatic carbocycles. The number of nitrogens with one attached hydrogen (secondary N) is 1. The number of aryl methyl sites for hydroxylation is 2. The Balaban J connectivity index is 2.00. The molecule has 0 amide bonds. The van der Waals surface area contributed by atoms with Crippen LogP contribution in [-0.4, -0.2) is 36.0 Å². The summed E-state index contributed by atoms with van der Waals surface area (Å²) in [4.78, 5) is 19.0. The van der Waals surface area contributed by atoms with Gasteiger partial charge in [-0.1, -0.05) is 5.21 Å². The maximum absolute atomic E-state index is 10.5. The number of carbonyl (C=O) groups is 1. The average Bonchev–Trinajstić information content (AvgIpc) is 2.77. The van der Waals surface area contributed by atoms with Crippen LogP contribution in [0.2, 0.25) is 0 Å². The topological polar surface area (TPSA) is 106 Å². The number of carboxylic acid groups (broad SMARTS) is 1. The summed E-state index contributed by atoms with van der Waals surface area (Å²) in [5.41, 5.74) is 2.26. The SMILES string of the molecule is Cc1cnc(C)c(NCc2cn(CC(=O)O)nn2)n1. The molecule has 0 bridgehead atoms. The van der Waals surface area contributed by atoms with Gasteiger partial charge in [0.05, 0.1) is 24.1 Å². The van der Waals surface area contributed by atoms with Crippen LogP contribution >= 0.6 is 0 Å². The third-order valence-corrected chi connectivity index (χ3v) is 2.40. The Morgan fingerprint density at radius 1 is 1.47 bits per heavy atom. The molecular formula is C11H14N6O2. The van der Waals surface area contributed by atoms with Gasteiger partial charge in [0, 0.05) is 6.20 Å². The van der Waals surface area contributed by atoms with Crippen LogP contribution in [0.5, 0.6) is 0 Å². The van der Waals surface area contributed by atoms with Gasteiger partial charge in [0.15, 0.2) is 0 Å². The van der Waals surface area contributed by atoms with E-state index in [1.165, 1.54) is 4.68 Å². The molecule has 2 aromatic heterocycles. The Labute approximate surface area is 109 Å². The average molecular weight is 262 g/mol. The van der Waals surface area contributed by atoms with Gasteiger partial charge < -0.3 is 10.4 Å². The van der Waals surface area contributed by atoms with Crippen molar-refractivity contribution in [3.63, 3.8) is 0 Å². The zero-order valence-corrected chi connectivity index (χ0v) is 10.7. The van der Waals surface area contributed by atoms with Crippen LogP contribution in [0.25, 0.3) is 0 Å². The summed E-state index contributed by atoms with van der Waals surface area (Å²) in [7, 11) is 0. The third kappa shape index (κ3) is 3.47. The predicted octanol–water partition coefficient (Wildman–Crippen LogP) is 0.382. The van der Waals surface area contributed by atoms with Gasteiger partial charge in [-0.3, -0.25) is 9.78 Å². The van der Waals surface area contributed by atoms with Crippen molar-refractivity contribution in [2.24, 2.45) is 0 Å². The Morgan fingerprint density at radius 2 is 2.26 bits per heavy atom. The normalized spacial score (nSPS) is 10.4. The Morgan fingerprint density at radius 3 is 3.00 bits per heavy atom. The molecule has 0 fully saturated rings. The number of hydrogen-bond donors (Lipinski definition) is 2. The molecule has 8 nitrogen and oxygen atoms in total. The molecule has 0 atom stereocenters. The molecule has 2 rings (SSSR count). The van der Waals surface area contributed by atoms with E-state index >= 15 is 0 Å². The van der Waals surface area contributed by atoms with E-state index in [0.717, 1.165) is 11.4 Å². The van der Waals surface area contributed by atoms with E-state index in [9.17, 15) is 4.79 Å². The molecule has 0 unspecified atom stereocenters. The molecule has 0 saturated carbocycles. The number of aromatic nitrogens is 5. The van der Waals surface area contributed by atoms with Gasteiger partial charge in [0.2, 0.25) is 0 Å². The van der Waals surface area contributed by atoms with Crippen LogP contribution in [0.4, 0.5) is 5.82 Å². The van der Waals surface area contributed by atoms with Crippen molar-refractivity contribution >= 4 is 11.8 Å². The first-order chi connectivity index (χ1) is 9.04. The number of carboxylic acids is 1. The second-order valence-corrected chi connectivity index (χ2v) is 4.10. The Hall–Kier alpha value is -2.51. The lowest BCUT2D eigenvalue weighted by molar-refractivity contribution is -0.137. The molecule has 100 valence electrons. The van der Waals surface area contributed by atoms with Gasteiger partial charge in [-0.05, 0) is 13.8 Å². The van der Waals surface area contributed by atoms with E-state index < -0.39 is 5.97 Å². The van der Waals surface area contributed by atoms with Crippen molar-refractivity contribution in [3.8, 4) is 0 Å². The monoisotopic (exact) mass is 262 g/mol. The fourth-order valence-corrected chi connectivity index (χ4v) is 1.51. The maximum atomic E-state index is 10.5. The Kier molecular flexibility index (Phi) is 3.69. The summed E-state index contributed by atoms with van der Waals surface area (Å²) in [6.07, 6.45) is 3.28. The van der Waals surface area contributed by atoms with Gasteiger partial charge in [0.1, 0.15) is 18.1 Å². The van der Waals surface area contributed by atoms with E-state index in [2.05, 4.69) is 25.6 Å². The highest BCUT2D eigenvalue weighted by Gasteiger charge is 2.06. The lowest BCUT2D eigenvalue weighted by Crippen LogP contribution is -2.09. The number of anilines is 1. The van der Waals surface area contributed by atoms with Crippen molar-refractivity contribution in [1.29, 1.82) is 0 Å². The lowest BCUT2D eigenvalue weighted by Gasteiger charge is -2.06. The van der Waals surface area contributed by atoms with Crippen LogP contribution in [0.15, 0.2) is 12.4 Å². The molecule has 0 aliphatic carbocycles. The van der Waals surface area contributed by atoms with Crippen LogP contribution in [0, 0.1) is 13.8 Å². The molecule has 2 aromatic rings. The third-order valence-electron chi connectivity index (χ3n) is 2.40. The van der Waals surface area contributed by atoms with E-state index in [4.69, 9.17) is 5.11 Å². The van der Waals surface area contributed by atoms with Crippen LogP contribution in [0.3, 0.4) is 0 Å². The fourth-order valence-electron chi connectivity index (χ4n) is 1.51. The summed E-state index contributed by atoms with van der Waals surface area (Å²) in [6.45, 7) is 3.94. The van der Waals surface area contributed by atoms with Crippen molar-refractivity contribution in [2.75, 3.05) is 5.32 Å². The van der Waals surface area contributed by atoms with Gasteiger partial charge >= 0.3 is 5.97 Å². The molecule has 0 radical (unpaired) electrons. The molecule has 19 heavy (non-hydrogen) atoms. The zero-order chi connectivity index (χ0) is 13.8. The fraction of sp³-hybridized carbons (Fsp3) is 0.364. The zero-order valence-electron chi connectivity index (χ0n) is 10.7. The summed E-state index contributed by atoms with van der Waals surface area (Å²) in [5, 5.41) is 19.3. The first kappa shape index (κ1) is 12.9. The van der Waals surface area contributed by atoms with Gasteiger partial charge in [0.25, 0.3) is 0 Å². The minimum Gasteiger partial charge on any atom is -0.480 e. The number of aliphatic carboxylic acids is 1. The Bertz CT molecular complexity index is 595. The molecule has 2 N–H and O–H groups in total. The van der Waals surface area contributed by atoms with Crippen molar-refractivity contribution in [2.45, 2.75) is 26.9 Å². The van der Waals surface area contributed by atoms with Gasteiger partial charge in [-0.15, -0.1) is 5.10 Å². The first-order valence-corrected chi connectivity index (χ1v) is 5.69. The first-order valence-electron chi connectivity index (χ1n) is 5.69. The van der Waals surface area contributed by atoms with Gasteiger partial charge in [-0.25, -0.2) is 9.67 Å². The summed E-state index contributed by atoms with van der Waals surface area (Å²) in [6, 6.07) is 0. The second kappa shape index (κ2) is 5.42. The molecule has 0 spiro atoms. The van der Waals surface area contributed by atoms with E-state index in [1.807, 2.05) is 13.8 Å². The van der Waals surface area contributed by atoms with E-state index in [0.29, 0.717) is 18.1 Å². The highest BCUT2D eigenvalue weighted by atomic mass is 16.4. The minimum absolute atomic E-state index is 0.198. The van der Waals surface area contributed by atoms with Crippen molar-refractivity contribution < 1.29 is 9.90 Å². The largest absolute Gasteiger partial charge is 0.480 e. The highest BCUT2D eigenvalue weighted by molar-refractivity contribution is 5.66. The number of nitrogens with zero attached hydrogens (tertiary/aromatic N) is 5.